The summed E-state index contributed by atoms with van der Waals surface area (Å²) in [5.74, 6) is -1.53. The number of hydrogen-bond acceptors (Lipinski definition) is 1. The molecule has 21 heavy (non-hydrogen) atoms. The second-order valence-electron chi connectivity index (χ2n) is 4.44. The molecule has 0 atom stereocenters. The number of carboxylic acids is 1. The van der Waals surface area contributed by atoms with Crippen molar-refractivity contribution in [3.05, 3.63) is 34.4 Å². The van der Waals surface area contributed by atoms with E-state index in [1.54, 1.807) is 0 Å². The molecule has 0 fully saturated rings. The van der Waals surface area contributed by atoms with E-state index in [2.05, 4.69) is 0 Å². The number of halogens is 7. The van der Waals surface area contributed by atoms with Gasteiger partial charge in [0.25, 0.3) is 0 Å². The van der Waals surface area contributed by atoms with E-state index >= 15 is 0 Å². The Morgan fingerprint density at radius 3 is 1.48 bits per heavy atom. The SMILES string of the molecule is Cc1cc(C(F)(C(F)(F)F)C(F)(F)F)cc(C)c1C(=O)O. The van der Waals surface area contributed by atoms with Gasteiger partial charge in [0, 0.05) is 5.56 Å². The molecular formula is C12H9F7O2. The number of alkyl halides is 7. The molecule has 0 amide bonds. The van der Waals surface area contributed by atoms with Gasteiger partial charge >= 0.3 is 24.0 Å². The largest absolute Gasteiger partial charge is 0.478 e. The third kappa shape index (κ3) is 2.68. The van der Waals surface area contributed by atoms with Crippen LogP contribution < -0.4 is 0 Å². The van der Waals surface area contributed by atoms with Crippen LogP contribution in [-0.2, 0) is 5.67 Å². The maximum atomic E-state index is 13.8. The van der Waals surface area contributed by atoms with Crippen molar-refractivity contribution in [3.8, 4) is 0 Å². The summed E-state index contributed by atoms with van der Waals surface area (Å²) in [6.07, 6.45) is -12.5. The van der Waals surface area contributed by atoms with Crippen LogP contribution in [0, 0.1) is 13.8 Å². The Bertz CT molecular complexity index is 535. The average molecular weight is 318 g/mol. The number of aryl methyl sites for hydroxylation is 2. The summed E-state index contributed by atoms with van der Waals surface area (Å²) in [5, 5.41) is 8.82. The predicted molar refractivity (Wildman–Crippen MR) is 57.8 cm³/mol. The molecule has 0 radical (unpaired) electrons. The molecule has 1 aromatic rings. The summed E-state index contributed by atoms with van der Waals surface area (Å²) in [7, 11) is 0. The number of carboxylic acid groups (broad SMARTS) is 1. The fourth-order valence-electron chi connectivity index (χ4n) is 1.99. The summed E-state index contributed by atoms with van der Waals surface area (Å²) in [5.41, 5.74) is -8.51. The monoisotopic (exact) mass is 318 g/mol. The molecule has 1 rings (SSSR count). The molecule has 1 aromatic carbocycles. The van der Waals surface area contributed by atoms with E-state index in [0.717, 1.165) is 13.8 Å². The van der Waals surface area contributed by atoms with Crippen LogP contribution in [0.1, 0.15) is 27.0 Å². The first-order valence-electron chi connectivity index (χ1n) is 5.41. The minimum atomic E-state index is -6.23. The van der Waals surface area contributed by atoms with E-state index in [9.17, 15) is 35.5 Å². The van der Waals surface area contributed by atoms with E-state index in [0.29, 0.717) is 0 Å². The van der Waals surface area contributed by atoms with Crippen molar-refractivity contribution >= 4 is 5.97 Å². The molecule has 0 aliphatic heterocycles. The van der Waals surface area contributed by atoms with Gasteiger partial charge in [0.05, 0.1) is 5.56 Å². The summed E-state index contributed by atoms with van der Waals surface area (Å²) >= 11 is 0. The predicted octanol–water partition coefficient (Wildman–Crippen LogP) is 4.29. The van der Waals surface area contributed by atoms with Crippen LogP contribution in [0.4, 0.5) is 30.7 Å². The van der Waals surface area contributed by atoms with Crippen LogP contribution in [0.25, 0.3) is 0 Å². The smallest absolute Gasteiger partial charge is 0.435 e. The molecular weight excluding hydrogens is 309 g/mol. The standard InChI is InChI=1S/C12H9F7O2/c1-5-3-7(4-6(2)8(5)9(20)21)10(13,11(14,15)16)12(17,18)19/h3-4H,1-2H3,(H,20,21). The van der Waals surface area contributed by atoms with E-state index in [1.165, 1.54) is 0 Å². The van der Waals surface area contributed by atoms with Gasteiger partial charge in [0.2, 0.25) is 0 Å². The van der Waals surface area contributed by atoms with Crippen LogP contribution >= 0.6 is 0 Å². The topological polar surface area (TPSA) is 37.3 Å². The van der Waals surface area contributed by atoms with Crippen molar-refractivity contribution in [1.82, 2.24) is 0 Å². The molecule has 118 valence electrons. The van der Waals surface area contributed by atoms with Crippen molar-refractivity contribution in [1.29, 1.82) is 0 Å². The maximum absolute atomic E-state index is 13.8. The molecule has 1 N–H and O–H groups in total. The van der Waals surface area contributed by atoms with Crippen LogP contribution in [0.3, 0.4) is 0 Å². The highest BCUT2D eigenvalue weighted by atomic mass is 19.4. The van der Waals surface area contributed by atoms with Crippen LogP contribution in [0.5, 0.6) is 0 Å². The highest BCUT2D eigenvalue weighted by molar-refractivity contribution is 5.91. The van der Waals surface area contributed by atoms with Gasteiger partial charge in [0.15, 0.2) is 0 Å². The molecule has 0 aromatic heterocycles. The molecule has 0 spiro atoms. The van der Waals surface area contributed by atoms with Crippen LogP contribution in [-0.4, -0.2) is 23.4 Å². The third-order valence-corrected chi connectivity index (χ3v) is 2.93. The third-order valence-electron chi connectivity index (χ3n) is 2.93. The zero-order valence-corrected chi connectivity index (χ0v) is 10.7. The van der Waals surface area contributed by atoms with Crippen molar-refractivity contribution in [2.75, 3.05) is 0 Å². The molecule has 0 bridgehead atoms. The number of benzene rings is 1. The Hall–Kier alpha value is -1.80. The lowest BCUT2D eigenvalue weighted by Crippen LogP contribution is -2.50. The fourth-order valence-corrected chi connectivity index (χ4v) is 1.99. The number of rotatable bonds is 2. The Balaban J connectivity index is 3.68. The number of carbonyl (C=O) groups is 1. The van der Waals surface area contributed by atoms with Crippen LogP contribution in [0.15, 0.2) is 12.1 Å². The quantitative estimate of drug-likeness (QED) is 0.826. The summed E-state index contributed by atoms with van der Waals surface area (Å²) in [4.78, 5) is 10.9. The Morgan fingerprint density at radius 1 is 0.905 bits per heavy atom. The maximum Gasteiger partial charge on any atom is 0.435 e. The second kappa shape index (κ2) is 4.88. The molecule has 0 aliphatic carbocycles. The first kappa shape index (κ1) is 17.3. The van der Waals surface area contributed by atoms with Gasteiger partial charge in [0.1, 0.15) is 0 Å². The molecule has 0 saturated heterocycles. The van der Waals surface area contributed by atoms with Gasteiger partial charge in [-0.05, 0) is 25.0 Å². The lowest BCUT2D eigenvalue weighted by atomic mass is 9.89. The Morgan fingerprint density at radius 2 is 1.24 bits per heavy atom. The zero-order valence-electron chi connectivity index (χ0n) is 10.7. The van der Waals surface area contributed by atoms with Gasteiger partial charge in [-0.3, -0.25) is 0 Å². The van der Waals surface area contributed by atoms with E-state index in [4.69, 9.17) is 5.11 Å². The lowest BCUT2D eigenvalue weighted by molar-refractivity contribution is -0.348. The van der Waals surface area contributed by atoms with Gasteiger partial charge < -0.3 is 5.11 Å². The Kier molecular flexibility index (Phi) is 4.01. The minimum absolute atomic E-state index is 0.247. The summed E-state index contributed by atoms with van der Waals surface area (Å²) in [6, 6.07) is 0.495. The minimum Gasteiger partial charge on any atom is -0.478 e. The number of aromatic carboxylic acids is 1. The van der Waals surface area contributed by atoms with E-state index in [-0.39, 0.29) is 12.1 Å². The van der Waals surface area contributed by atoms with Crippen molar-refractivity contribution in [2.45, 2.75) is 31.9 Å². The second-order valence-corrected chi connectivity index (χ2v) is 4.44. The number of hydrogen-bond donors (Lipinski definition) is 1. The molecule has 0 unspecified atom stereocenters. The molecule has 2 nitrogen and oxygen atoms in total. The highest BCUT2D eigenvalue weighted by Gasteiger charge is 2.73. The first-order chi connectivity index (χ1) is 9.23. The van der Waals surface area contributed by atoms with Crippen molar-refractivity contribution in [3.63, 3.8) is 0 Å². The fraction of sp³-hybridized carbons (Fsp3) is 0.417. The molecule has 0 heterocycles. The first-order valence-corrected chi connectivity index (χ1v) is 5.41. The Labute approximate surface area is 114 Å². The van der Waals surface area contributed by atoms with Gasteiger partial charge in [-0.15, -0.1) is 0 Å². The highest BCUT2D eigenvalue weighted by Crippen LogP contribution is 2.53. The van der Waals surface area contributed by atoms with E-state index in [1.807, 2.05) is 0 Å². The molecule has 9 heteroatoms. The summed E-state index contributed by atoms with van der Waals surface area (Å²) < 4.78 is 89.4. The normalized spacial score (nSPS) is 13.4. The molecule has 0 aliphatic rings. The average Bonchev–Trinajstić information content (AvgIpc) is 2.22. The zero-order chi connectivity index (χ0) is 16.8. The van der Waals surface area contributed by atoms with Crippen LogP contribution in [0.2, 0.25) is 0 Å². The van der Waals surface area contributed by atoms with Crippen molar-refractivity contribution < 1.29 is 40.6 Å². The van der Waals surface area contributed by atoms with E-state index < -0.39 is 46.2 Å². The van der Waals surface area contributed by atoms with Gasteiger partial charge in [-0.1, -0.05) is 12.1 Å². The molecule has 0 saturated carbocycles. The van der Waals surface area contributed by atoms with Gasteiger partial charge in [-0.2, -0.15) is 26.3 Å². The summed E-state index contributed by atoms with van der Waals surface area (Å²) in [6.45, 7) is 1.99. The van der Waals surface area contributed by atoms with Gasteiger partial charge in [-0.25, -0.2) is 9.18 Å². The lowest BCUT2D eigenvalue weighted by Gasteiger charge is -2.31. The van der Waals surface area contributed by atoms with Crippen molar-refractivity contribution in [2.24, 2.45) is 0 Å².